The molecular weight excluding hydrogens is 401 g/mol. The minimum atomic E-state index is 0.157. The number of amidine groups is 1. The maximum Gasteiger partial charge on any atom is 0.135 e. The number of rotatable bonds is 4. The number of thiazole rings is 1. The van der Waals surface area contributed by atoms with Crippen LogP contribution in [0.15, 0.2) is 59.7 Å². The monoisotopic (exact) mass is 415 g/mol. The average Bonchev–Trinajstić information content (AvgIpc) is 3.22. The van der Waals surface area contributed by atoms with E-state index in [1.165, 1.54) is 11.3 Å². The van der Waals surface area contributed by atoms with Crippen molar-refractivity contribution in [3.63, 3.8) is 0 Å². The van der Waals surface area contributed by atoms with E-state index in [2.05, 4.69) is 4.98 Å². The van der Waals surface area contributed by atoms with E-state index in [4.69, 9.17) is 28.6 Å². The molecule has 2 heterocycles. The Labute approximate surface area is 170 Å². The van der Waals surface area contributed by atoms with Crippen molar-refractivity contribution < 1.29 is 5.11 Å². The maximum atomic E-state index is 10.5. The van der Waals surface area contributed by atoms with E-state index in [0.29, 0.717) is 27.2 Å². The highest BCUT2D eigenvalue weighted by Crippen LogP contribution is 2.33. The molecule has 1 aliphatic rings. The van der Waals surface area contributed by atoms with E-state index in [9.17, 15) is 5.11 Å². The molecule has 4 rings (SSSR count). The molecule has 136 valence electrons. The van der Waals surface area contributed by atoms with E-state index >= 15 is 0 Å². The molecule has 0 saturated heterocycles. The number of aromatic nitrogens is 1. The van der Waals surface area contributed by atoms with Crippen molar-refractivity contribution in [2.24, 2.45) is 0 Å². The molecule has 0 amide bonds. The number of aliphatic hydroxyl groups is 1. The minimum absolute atomic E-state index is 0.157. The number of nitrogens with zero attached hydrogens (tertiary/aromatic N) is 2. The lowest BCUT2D eigenvalue weighted by Gasteiger charge is -2.19. The quantitative estimate of drug-likeness (QED) is 0.559. The molecule has 0 bridgehead atoms. The van der Waals surface area contributed by atoms with Gasteiger partial charge < -0.3 is 10.0 Å². The zero-order valence-electron chi connectivity index (χ0n) is 14.1. The number of halogens is 2. The Morgan fingerprint density at radius 2 is 1.85 bits per heavy atom. The highest BCUT2D eigenvalue weighted by molar-refractivity contribution is 7.11. The molecule has 0 atom stereocenters. The molecule has 3 aromatic rings. The van der Waals surface area contributed by atoms with Gasteiger partial charge in [-0.25, -0.2) is 4.98 Å². The molecule has 4 nitrogen and oxygen atoms in total. The number of hydrogen-bond donors (Lipinski definition) is 2. The fraction of sp³-hybridized carbons (Fsp3) is 0.100. The van der Waals surface area contributed by atoms with E-state index in [1.807, 2.05) is 53.9 Å². The summed E-state index contributed by atoms with van der Waals surface area (Å²) >= 11 is 13.6. The van der Waals surface area contributed by atoms with Crippen molar-refractivity contribution in [1.82, 2.24) is 9.88 Å². The van der Waals surface area contributed by atoms with Crippen molar-refractivity contribution in [3.8, 4) is 11.3 Å². The van der Waals surface area contributed by atoms with E-state index in [-0.39, 0.29) is 18.1 Å². The third-order valence-corrected chi connectivity index (χ3v) is 5.84. The first kappa shape index (κ1) is 18.0. The molecule has 0 spiro atoms. The fourth-order valence-corrected chi connectivity index (χ4v) is 4.18. The van der Waals surface area contributed by atoms with Crippen LogP contribution >= 0.6 is 34.5 Å². The number of nitrogens with one attached hydrogen (secondary N) is 1. The molecule has 0 saturated carbocycles. The largest absolute Gasteiger partial charge is 0.510 e. The molecule has 0 unspecified atom stereocenters. The maximum absolute atomic E-state index is 10.5. The summed E-state index contributed by atoms with van der Waals surface area (Å²) in [5.41, 5.74) is 3.13. The molecule has 27 heavy (non-hydrogen) atoms. The Morgan fingerprint density at radius 3 is 2.59 bits per heavy atom. The lowest BCUT2D eigenvalue weighted by Crippen LogP contribution is -2.26. The number of aliphatic hydroxyl groups excluding tert-OH is 1. The Morgan fingerprint density at radius 1 is 1.11 bits per heavy atom. The van der Waals surface area contributed by atoms with Crippen LogP contribution in [0.5, 0.6) is 0 Å². The summed E-state index contributed by atoms with van der Waals surface area (Å²) in [6.07, 6.45) is 0. The zero-order chi connectivity index (χ0) is 19.0. The molecule has 0 aliphatic carbocycles. The summed E-state index contributed by atoms with van der Waals surface area (Å²) in [5.74, 6) is 0.411. The van der Waals surface area contributed by atoms with Gasteiger partial charge in [0, 0.05) is 27.5 Å². The molecule has 2 N–H and O–H groups in total. The van der Waals surface area contributed by atoms with Gasteiger partial charge in [-0.2, -0.15) is 0 Å². The Balaban J connectivity index is 1.57. The standard InChI is InChI=1S/C20H15Cl2N3OS/c21-14-7-5-12(6-8-14)16-11-27-20(24-16)18-17(26)10-25(19(18)23)9-13-3-1-2-4-15(13)22/h1-8,11,23,26H,9-10H2. The van der Waals surface area contributed by atoms with Gasteiger partial charge in [-0.3, -0.25) is 5.41 Å². The van der Waals surface area contributed by atoms with Crippen LogP contribution in [0.1, 0.15) is 10.6 Å². The van der Waals surface area contributed by atoms with Crippen LogP contribution in [0.4, 0.5) is 0 Å². The summed E-state index contributed by atoms with van der Waals surface area (Å²) in [6, 6.07) is 15.0. The zero-order valence-corrected chi connectivity index (χ0v) is 16.4. The smallest absolute Gasteiger partial charge is 0.135 e. The number of hydrogen-bond acceptors (Lipinski definition) is 4. The molecular formula is C20H15Cl2N3OS. The number of benzene rings is 2. The highest BCUT2D eigenvalue weighted by Gasteiger charge is 2.30. The van der Waals surface area contributed by atoms with E-state index < -0.39 is 0 Å². The van der Waals surface area contributed by atoms with Crippen LogP contribution in [0.2, 0.25) is 10.0 Å². The average molecular weight is 416 g/mol. The van der Waals surface area contributed by atoms with Crippen LogP contribution in [0, 0.1) is 5.41 Å². The summed E-state index contributed by atoms with van der Waals surface area (Å²) < 4.78 is 0. The lowest BCUT2D eigenvalue weighted by molar-refractivity contribution is 0.347. The van der Waals surface area contributed by atoms with Gasteiger partial charge in [0.15, 0.2) is 0 Å². The predicted octanol–water partition coefficient (Wildman–Crippen LogP) is 5.88. The van der Waals surface area contributed by atoms with E-state index in [0.717, 1.165) is 16.8 Å². The molecule has 2 aromatic carbocycles. The van der Waals surface area contributed by atoms with Gasteiger partial charge in [-0.1, -0.05) is 53.5 Å². The second kappa shape index (κ2) is 7.35. The summed E-state index contributed by atoms with van der Waals surface area (Å²) in [6.45, 7) is 0.733. The van der Waals surface area contributed by atoms with Gasteiger partial charge >= 0.3 is 0 Å². The van der Waals surface area contributed by atoms with Crippen LogP contribution < -0.4 is 0 Å². The van der Waals surface area contributed by atoms with Crippen LogP contribution in [-0.2, 0) is 6.54 Å². The van der Waals surface area contributed by atoms with Gasteiger partial charge in [-0.15, -0.1) is 11.3 Å². The predicted molar refractivity (Wildman–Crippen MR) is 112 cm³/mol. The summed E-state index contributed by atoms with van der Waals surface area (Å²) in [5, 5.41) is 22.8. The first-order valence-corrected chi connectivity index (χ1v) is 9.87. The fourth-order valence-electron chi connectivity index (χ4n) is 2.97. The third kappa shape index (κ3) is 3.58. The van der Waals surface area contributed by atoms with Gasteiger partial charge in [-0.05, 0) is 23.8 Å². The van der Waals surface area contributed by atoms with Crippen molar-refractivity contribution >= 4 is 45.9 Å². The third-order valence-electron chi connectivity index (χ3n) is 4.36. The van der Waals surface area contributed by atoms with Gasteiger partial charge in [0.25, 0.3) is 0 Å². The topological polar surface area (TPSA) is 60.2 Å². The first-order valence-electron chi connectivity index (χ1n) is 8.24. The summed E-state index contributed by atoms with van der Waals surface area (Å²) in [7, 11) is 0. The normalized spacial score (nSPS) is 14.3. The van der Waals surface area contributed by atoms with E-state index in [1.54, 1.807) is 4.90 Å². The van der Waals surface area contributed by atoms with Crippen molar-refractivity contribution in [1.29, 1.82) is 5.41 Å². The second-order valence-electron chi connectivity index (χ2n) is 6.16. The Kier molecular flexibility index (Phi) is 4.91. The van der Waals surface area contributed by atoms with Crippen LogP contribution in [0.25, 0.3) is 16.8 Å². The van der Waals surface area contributed by atoms with Gasteiger partial charge in [0.2, 0.25) is 0 Å². The SMILES string of the molecule is N=C1C(c2nc(-c3ccc(Cl)cc3)cs2)=C(O)CN1Cc1ccccc1Cl. The molecule has 7 heteroatoms. The van der Waals surface area contributed by atoms with Gasteiger partial charge in [0.1, 0.15) is 16.6 Å². The molecule has 1 aliphatic heterocycles. The molecule has 0 fully saturated rings. The van der Waals surface area contributed by atoms with Crippen LogP contribution in [-0.4, -0.2) is 27.4 Å². The van der Waals surface area contributed by atoms with Crippen molar-refractivity contribution in [2.45, 2.75) is 6.54 Å². The highest BCUT2D eigenvalue weighted by atomic mass is 35.5. The van der Waals surface area contributed by atoms with Gasteiger partial charge in [0.05, 0.1) is 17.8 Å². The Bertz CT molecular complexity index is 1040. The lowest BCUT2D eigenvalue weighted by atomic mass is 10.2. The second-order valence-corrected chi connectivity index (χ2v) is 7.86. The molecule has 0 radical (unpaired) electrons. The van der Waals surface area contributed by atoms with Crippen LogP contribution in [0.3, 0.4) is 0 Å². The summed E-state index contributed by atoms with van der Waals surface area (Å²) in [4.78, 5) is 6.40. The first-order chi connectivity index (χ1) is 13.0. The minimum Gasteiger partial charge on any atom is -0.510 e. The van der Waals surface area contributed by atoms with Crippen molar-refractivity contribution in [2.75, 3.05) is 6.54 Å². The molecule has 1 aromatic heterocycles. The van der Waals surface area contributed by atoms with Crippen molar-refractivity contribution in [3.05, 3.63) is 80.3 Å². The Hall–Kier alpha value is -2.34.